The number of amides is 1. The summed E-state index contributed by atoms with van der Waals surface area (Å²) in [5, 5.41) is 18.4. The van der Waals surface area contributed by atoms with Crippen molar-refractivity contribution in [3.8, 4) is 0 Å². The van der Waals surface area contributed by atoms with Gasteiger partial charge in [-0.15, -0.1) is 5.10 Å². The molecule has 0 spiro atoms. The van der Waals surface area contributed by atoms with E-state index in [0.29, 0.717) is 6.54 Å². The van der Waals surface area contributed by atoms with Crippen molar-refractivity contribution in [3.63, 3.8) is 0 Å². The summed E-state index contributed by atoms with van der Waals surface area (Å²) < 4.78 is 1.12. The Kier molecular flexibility index (Phi) is 6.20. The van der Waals surface area contributed by atoms with Crippen LogP contribution in [0.3, 0.4) is 0 Å². The fraction of sp³-hybridized carbons (Fsp3) is 0.600. The third kappa shape index (κ3) is 5.17. The molecule has 2 N–H and O–H groups in total. The number of carbonyl (C=O) groups is 2. The van der Waals surface area contributed by atoms with Crippen molar-refractivity contribution in [1.29, 1.82) is 0 Å². The summed E-state index contributed by atoms with van der Waals surface area (Å²) in [6.07, 6.45) is 5.33. The SMILES string of the molecule is CSCCCCNC(=O)c1cn(CC(=O)O)nn1. The second-order valence-corrected chi connectivity index (χ2v) is 4.64. The van der Waals surface area contributed by atoms with Gasteiger partial charge < -0.3 is 10.4 Å². The number of unbranched alkanes of at least 4 members (excludes halogenated alkanes) is 1. The van der Waals surface area contributed by atoms with E-state index >= 15 is 0 Å². The van der Waals surface area contributed by atoms with Crippen LogP contribution >= 0.6 is 11.8 Å². The molecule has 18 heavy (non-hydrogen) atoms. The number of carboxylic acids is 1. The molecule has 8 heteroatoms. The second kappa shape index (κ2) is 7.70. The molecule has 1 heterocycles. The lowest BCUT2D eigenvalue weighted by Crippen LogP contribution is -2.24. The first-order valence-electron chi connectivity index (χ1n) is 5.52. The van der Waals surface area contributed by atoms with Crippen molar-refractivity contribution in [2.24, 2.45) is 0 Å². The van der Waals surface area contributed by atoms with Gasteiger partial charge in [0.2, 0.25) is 0 Å². The van der Waals surface area contributed by atoms with E-state index in [1.165, 1.54) is 6.20 Å². The molecule has 0 aliphatic heterocycles. The molecular weight excluding hydrogens is 256 g/mol. The van der Waals surface area contributed by atoms with Gasteiger partial charge in [-0.25, -0.2) is 4.68 Å². The third-order valence-corrected chi connectivity index (χ3v) is 2.83. The van der Waals surface area contributed by atoms with Gasteiger partial charge in [0.1, 0.15) is 6.54 Å². The molecule has 100 valence electrons. The molecule has 0 aromatic carbocycles. The number of hydrogen-bond donors (Lipinski definition) is 2. The maximum atomic E-state index is 11.6. The van der Waals surface area contributed by atoms with Crippen LogP contribution in [0, 0.1) is 0 Å². The van der Waals surface area contributed by atoms with E-state index in [-0.39, 0.29) is 18.1 Å². The smallest absolute Gasteiger partial charge is 0.325 e. The van der Waals surface area contributed by atoms with E-state index < -0.39 is 5.97 Å². The molecular formula is C10H16N4O3S. The summed E-state index contributed by atoms with van der Waals surface area (Å²) in [4.78, 5) is 22.0. The summed E-state index contributed by atoms with van der Waals surface area (Å²) in [7, 11) is 0. The van der Waals surface area contributed by atoms with Crippen LogP contribution in [0.4, 0.5) is 0 Å². The van der Waals surface area contributed by atoms with Crippen LogP contribution in [0.15, 0.2) is 6.20 Å². The normalized spacial score (nSPS) is 10.3. The average molecular weight is 272 g/mol. The third-order valence-electron chi connectivity index (χ3n) is 2.13. The lowest BCUT2D eigenvalue weighted by molar-refractivity contribution is -0.137. The monoisotopic (exact) mass is 272 g/mol. The van der Waals surface area contributed by atoms with Crippen molar-refractivity contribution in [1.82, 2.24) is 20.3 Å². The van der Waals surface area contributed by atoms with Crippen molar-refractivity contribution in [3.05, 3.63) is 11.9 Å². The van der Waals surface area contributed by atoms with Crippen molar-refractivity contribution >= 4 is 23.6 Å². The molecule has 0 bridgehead atoms. The lowest BCUT2D eigenvalue weighted by Gasteiger charge is -2.01. The Labute approximate surface area is 109 Å². The molecule has 1 amide bonds. The quantitative estimate of drug-likeness (QED) is 0.658. The fourth-order valence-electron chi connectivity index (χ4n) is 1.28. The standard InChI is InChI=1S/C10H16N4O3S/c1-18-5-3-2-4-11-10(17)8-6-14(13-12-8)7-9(15)16/h6H,2-5,7H2,1H3,(H,11,17)(H,15,16). The summed E-state index contributed by atoms with van der Waals surface area (Å²) in [6, 6.07) is 0. The van der Waals surface area contributed by atoms with Crippen LogP contribution in [0.25, 0.3) is 0 Å². The number of carboxylic acid groups (broad SMARTS) is 1. The fourth-order valence-corrected chi connectivity index (χ4v) is 1.77. The Bertz CT molecular complexity index is 408. The number of aromatic nitrogens is 3. The van der Waals surface area contributed by atoms with Crippen molar-refractivity contribution < 1.29 is 14.7 Å². The van der Waals surface area contributed by atoms with Crippen LogP contribution in [0.2, 0.25) is 0 Å². The molecule has 0 atom stereocenters. The molecule has 0 unspecified atom stereocenters. The predicted molar refractivity (Wildman–Crippen MR) is 67.6 cm³/mol. The number of nitrogens with zero attached hydrogens (tertiary/aromatic N) is 3. The van der Waals surface area contributed by atoms with Gasteiger partial charge in [0.15, 0.2) is 5.69 Å². The van der Waals surface area contributed by atoms with Gasteiger partial charge in [-0.3, -0.25) is 9.59 Å². The largest absolute Gasteiger partial charge is 0.480 e. The molecule has 0 radical (unpaired) electrons. The zero-order valence-corrected chi connectivity index (χ0v) is 10.9. The Balaban J connectivity index is 2.33. The first-order chi connectivity index (χ1) is 8.63. The first-order valence-corrected chi connectivity index (χ1v) is 6.92. The van der Waals surface area contributed by atoms with E-state index in [1.54, 1.807) is 11.8 Å². The highest BCUT2D eigenvalue weighted by atomic mass is 32.2. The number of rotatable bonds is 8. The Morgan fingerprint density at radius 3 is 2.94 bits per heavy atom. The Morgan fingerprint density at radius 2 is 2.28 bits per heavy atom. The Hall–Kier alpha value is -1.57. The van der Waals surface area contributed by atoms with Crippen LogP contribution in [0.5, 0.6) is 0 Å². The summed E-state index contributed by atoms with van der Waals surface area (Å²) in [5.41, 5.74) is 0.140. The zero-order valence-electron chi connectivity index (χ0n) is 10.1. The van der Waals surface area contributed by atoms with E-state index in [1.807, 2.05) is 6.26 Å². The lowest BCUT2D eigenvalue weighted by atomic mass is 10.3. The molecule has 0 saturated heterocycles. The van der Waals surface area contributed by atoms with Crippen LogP contribution in [-0.4, -0.2) is 50.5 Å². The summed E-state index contributed by atoms with van der Waals surface area (Å²) in [6.45, 7) is 0.291. The van der Waals surface area contributed by atoms with Gasteiger partial charge in [-0.2, -0.15) is 11.8 Å². The maximum Gasteiger partial charge on any atom is 0.325 e. The minimum atomic E-state index is -1.02. The highest BCUT2D eigenvalue weighted by Crippen LogP contribution is 1.98. The first kappa shape index (κ1) is 14.5. The second-order valence-electron chi connectivity index (χ2n) is 3.65. The Morgan fingerprint density at radius 1 is 1.50 bits per heavy atom. The molecule has 1 aromatic rings. The molecule has 1 rings (SSSR count). The molecule has 0 aliphatic carbocycles. The molecule has 0 aliphatic rings. The van der Waals surface area contributed by atoms with Crippen LogP contribution < -0.4 is 5.32 Å². The van der Waals surface area contributed by atoms with Gasteiger partial charge in [0.05, 0.1) is 6.20 Å². The predicted octanol–water partition coefficient (Wildman–Crippen LogP) is 0.236. The number of thioether (sulfide) groups is 1. The van der Waals surface area contributed by atoms with Crippen LogP contribution in [-0.2, 0) is 11.3 Å². The van der Waals surface area contributed by atoms with Gasteiger partial charge in [0, 0.05) is 6.54 Å². The maximum absolute atomic E-state index is 11.6. The van der Waals surface area contributed by atoms with Gasteiger partial charge >= 0.3 is 5.97 Å². The van der Waals surface area contributed by atoms with E-state index in [4.69, 9.17) is 5.11 Å². The minimum Gasteiger partial charge on any atom is -0.480 e. The highest BCUT2D eigenvalue weighted by Gasteiger charge is 2.11. The molecule has 7 nitrogen and oxygen atoms in total. The van der Waals surface area contributed by atoms with Gasteiger partial charge in [-0.1, -0.05) is 5.21 Å². The minimum absolute atomic E-state index is 0.140. The topological polar surface area (TPSA) is 97.1 Å². The number of carbonyl (C=O) groups excluding carboxylic acids is 1. The van der Waals surface area contributed by atoms with Crippen molar-refractivity contribution in [2.45, 2.75) is 19.4 Å². The number of hydrogen-bond acceptors (Lipinski definition) is 5. The van der Waals surface area contributed by atoms with Gasteiger partial charge in [0.25, 0.3) is 5.91 Å². The summed E-state index contributed by atoms with van der Waals surface area (Å²) in [5.74, 6) is -0.273. The zero-order chi connectivity index (χ0) is 13.4. The number of aliphatic carboxylic acids is 1. The molecule has 0 fully saturated rings. The van der Waals surface area contributed by atoms with Crippen LogP contribution in [0.1, 0.15) is 23.3 Å². The van der Waals surface area contributed by atoms with Crippen molar-refractivity contribution in [2.75, 3.05) is 18.6 Å². The van der Waals surface area contributed by atoms with E-state index in [9.17, 15) is 9.59 Å². The number of nitrogens with one attached hydrogen (secondary N) is 1. The van der Waals surface area contributed by atoms with E-state index in [2.05, 4.69) is 15.6 Å². The average Bonchev–Trinajstić information content (AvgIpc) is 2.76. The molecule has 1 aromatic heterocycles. The van der Waals surface area contributed by atoms with Gasteiger partial charge in [-0.05, 0) is 24.9 Å². The highest BCUT2D eigenvalue weighted by molar-refractivity contribution is 7.98. The molecule has 0 saturated carbocycles. The summed E-state index contributed by atoms with van der Waals surface area (Å²) >= 11 is 1.77. The van der Waals surface area contributed by atoms with E-state index in [0.717, 1.165) is 23.3 Å².